The van der Waals surface area contributed by atoms with Crippen LogP contribution in [0.5, 0.6) is 0 Å². The van der Waals surface area contributed by atoms with E-state index in [0.717, 1.165) is 11.3 Å². The molecule has 1 aliphatic rings. The van der Waals surface area contributed by atoms with Gasteiger partial charge in [-0.25, -0.2) is 0 Å². The Labute approximate surface area is 150 Å². The maximum atomic E-state index is 12.5. The number of amides is 2. The summed E-state index contributed by atoms with van der Waals surface area (Å²) >= 11 is 11.9. The molecule has 1 saturated heterocycles. The van der Waals surface area contributed by atoms with E-state index in [9.17, 15) is 9.59 Å². The summed E-state index contributed by atoms with van der Waals surface area (Å²) in [4.78, 5) is 26.4. The zero-order valence-corrected chi connectivity index (χ0v) is 14.6. The third-order valence-corrected chi connectivity index (χ3v) is 4.82. The fourth-order valence-corrected chi connectivity index (χ4v) is 3.03. The van der Waals surface area contributed by atoms with Crippen LogP contribution in [0, 0.1) is 12.8 Å². The summed E-state index contributed by atoms with van der Waals surface area (Å²) in [6.45, 7) is 2.20. The highest BCUT2D eigenvalue weighted by atomic mass is 35.5. The van der Waals surface area contributed by atoms with Crippen molar-refractivity contribution in [2.75, 3.05) is 16.8 Å². The quantitative estimate of drug-likeness (QED) is 0.884. The van der Waals surface area contributed by atoms with Crippen molar-refractivity contribution in [1.82, 2.24) is 0 Å². The largest absolute Gasteiger partial charge is 0.325 e. The summed E-state index contributed by atoms with van der Waals surface area (Å²) in [5.74, 6) is -0.642. The standard InChI is InChI=1S/C18H16Cl2N2O2/c1-11-15(20)3-2-4-16(11)21-18(24)12-9-17(23)22(10-12)14-7-5-13(19)6-8-14/h2-8,12H,9-10H2,1H3,(H,21,24)/t12-/m1/s1. The number of benzene rings is 2. The van der Waals surface area contributed by atoms with Crippen LogP contribution in [-0.2, 0) is 9.59 Å². The first-order valence-corrected chi connectivity index (χ1v) is 8.33. The Kier molecular flexibility index (Phi) is 4.78. The van der Waals surface area contributed by atoms with Crippen LogP contribution >= 0.6 is 23.2 Å². The number of anilines is 2. The van der Waals surface area contributed by atoms with Crippen molar-refractivity contribution in [2.45, 2.75) is 13.3 Å². The lowest BCUT2D eigenvalue weighted by Gasteiger charge is -2.17. The highest BCUT2D eigenvalue weighted by Gasteiger charge is 2.35. The van der Waals surface area contributed by atoms with Gasteiger partial charge in [-0.3, -0.25) is 9.59 Å². The SMILES string of the molecule is Cc1c(Cl)cccc1NC(=O)[C@@H]1CC(=O)N(c2ccc(Cl)cc2)C1. The van der Waals surface area contributed by atoms with Crippen LogP contribution in [0.4, 0.5) is 11.4 Å². The molecule has 0 unspecified atom stereocenters. The fraction of sp³-hybridized carbons (Fsp3) is 0.222. The number of hydrogen-bond acceptors (Lipinski definition) is 2. The van der Waals surface area contributed by atoms with Gasteiger partial charge in [-0.1, -0.05) is 29.3 Å². The van der Waals surface area contributed by atoms with Crippen LogP contribution in [0.1, 0.15) is 12.0 Å². The number of carbonyl (C=O) groups excluding carboxylic acids is 2. The molecule has 1 aliphatic heterocycles. The van der Waals surface area contributed by atoms with E-state index in [-0.39, 0.29) is 18.2 Å². The zero-order chi connectivity index (χ0) is 17.3. The lowest BCUT2D eigenvalue weighted by molar-refractivity contribution is -0.122. The molecule has 2 aromatic carbocycles. The van der Waals surface area contributed by atoms with Crippen LogP contribution < -0.4 is 10.2 Å². The molecule has 1 N–H and O–H groups in total. The predicted octanol–water partition coefficient (Wildman–Crippen LogP) is 4.29. The third kappa shape index (κ3) is 3.40. The first-order valence-electron chi connectivity index (χ1n) is 7.57. The number of rotatable bonds is 3. The molecule has 1 atom stereocenters. The van der Waals surface area contributed by atoms with Gasteiger partial charge < -0.3 is 10.2 Å². The lowest BCUT2D eigenvalue weighted by Crippen LogP contribution is -2.28. The molecule has 4 nitrogen and oxygen atoms in total. The molecule has 1 heterocycles. The van der Waals surface area contributed by atoms with Crippen molar-refractivity contribution in [3.63, 3.8) is 0 Å². The Hall–Kier alpha value is -2.04. The van der Waals surface area contributed by atoms with Gasteiger partial charge in [-0.2, -0.15) is 0 Å². The van der Waals surface area contributed by atoms with E-state index in [1.54, 1.807) is 47.4 Å². The van der Waals surface area contributed by atoms with E-state index in [1.807, 2.05) is 6.92 Å². The first-order chi connectivity index (χ1) is 11.5. The van der Waals surface area contributed by atoms with Crippen molar-refractivity contribution in [3.8, 4) is 0 Å². The minimum absolute atomic E-state index is 0.0692. The van der Waals surface area contributed by atoms with E-state index in [2.05, 4.69) is 5.32 Å². The second-order valence-electron chi connectivity index (χ2n) is 5.78. The molecule has 0 aromatic heterocycles. The van der Waals surface area contributed by atoms with Gasteiger partial charge in [0.15, 0.2) is 0 Å². The van der Waals surface area contributed by atoms with Crippen molar-refractivity contribution >= 4 is 46.4 Å². The topological polar surface area (TPSA) is 49.4 Å². The molecule has 0 spiro atoms. The van der Waals surface area contributed by atoms with Gasteiger partial charge in [0.2, 0.25) is 11.8 Å². The van der Waals surface area contributed by atoms with Gasteiger partial charge in [0.25, 0.3) is 0 Å². The van der Waals surface area contributed by atoms with Crippen LogP contribution in [0.25, 0.3) is 0 Å². The van der Waals surface area contributed by atoms with Crippen LogP contribution in [0.3, 0.4) is 0 Å². The fourth-order valence-electron chi connectivity index (χ4n) is 2.73. The van der Waals surface area contributed by atoms with Gasteiger partial charge in [-0.15, -0.1) is 0 Å². The number of carbonyl (C=O) groups is 2. The smallest absolute Gasteiger partial charge is 0.229 e. The average molecular weight is 363 g/mol. The number of nitrogens with one attached hydrogen (secondary N) is 1. The molecule has 0 radical (unpaired) electrons. The molecule has 1 fully saturated rings. The summed E-state index contributed by atoms with van der Waals surface area (Å²) in [7, 11) is 0. The van der Waals surface area contributed by atoms with Gasteiger partial charge in [0.1, 0.15) is 0 Å². The second kappa shape index (κ2) is 6.83. The Bertz CT molecular complexity index is 790. The molecule has 3 rings (SSSR count). The monoisotopic (exact) mass is 362 g/mol. The Balaban J connectivity index is 1.72. The summed E-state index contributed by atoms with van der Waals surface area (Å²) in [5, 5.41) is 4.07. The van der Waals surface area contributed by atoms with E-state index < -0.39 is 5.92 Å². The molecule has 2 amide bonds. The molecule has 6 heteroatoms. The van der Waals surface area contributed by atoms with E-state index in [1.165, 1.54) is 0 Å². The summed E-state index contributed by atoms with van der Waals surface area (Å²) in [5.41, 5.74) is 2.23. The molecule has 2 aromatic rings. The molecule has 24 heavy (non-hydrogen) atoms. The van der Waals surface area contributed by atoms with Crippen LogP contribution in [-0.4, -0.2) is 18.4 Å². The zero-order valence-electron chi connectivity index (χ0n) is 13.1. The highest BCUT2D eigenvalue weighted by Crippen LogP contribution is 2.28. The molecular formula is C18H16Cl2N2O2. The predicted molar refractivity (Wildman–Crippen MR) is 96.7 cm³/mol. The molecule has 0 saturated carbocycles. The Morgan fingerprint density at radius 1 is 1.17 bits per heavy atom. The Morgan fingerprint density at radius 3 is 2.58 bits per heavy atom. The van der Waals surface area contributed by atoms with Crippen molar-refractivity contribution in [3.05, 3.63) is 58.1 Å². The number of hydrogen-bond donors (Lipinski definition) is 1. The summed E-state index contributed by atoms with van der Waals surface area (Å²) in [6, 6.07) is 12.4. The van der Waals surface area contributed by atoms with Crippen molar-refractivity contribution in [1.29, 1.82) is 0 Å². The van der Waals surface area contributed by atoms with E-state index >= 15 is 0 Å². The van der Waals surface area contributed by atoms with Gasteiger partial charge in [0, 0.05) is 34.4 Å². The van der Waals surface area contributed by atoms with E-state index in [0.29, 0.717) is 22.3 Å². The first kappa shape index (κ1) is 16.8. The lowest BCUT2D eigenvalue weighted by atomic mass is 10.1. The average Bonchev–Trinajstić information content (AvgIpc) is 2.94. The van der Waals surface area contributed by atoms with Gasteiger partial charge in [-0.05, 0) is 48.9 Å². The molecule has 0 bridgehead atoms. The maximum absolute atomic E-state index is 12.5. The van der Waals surface area contributed by atoms with Gasteiger partial charge in [0.05, 0.1) is 5.92 Å². The molecule has 124 valence electrons. The minimum Gasteiger partial charge on any atom is -0.325 e. The van der Waals surface area contributed by atoms with Gasteiger partial charge >= 0.3 is 0 Å². The number of halogens is 2. The highest BCUT2D eigenvalue weighted by molar-refractivity contribution is 6.31. The van der Waals surface area contributed by atoms with Crippen molar-refractivity contribution < 1.29 is 9.59 Å². The number of nitrogens with zero attached hydrogens (tertiary/aromatic N) is 1. The normalized spacial score (nSPS) is 17.2. The van der Waals surface area contributed by atoms with Crippen molar-refractivity contribution in [2.24, 2.45) is 5.92 Å². The van der Waals surface area contributed by atoms with Crippen LogP contribution in [0.2, 0.25) is 10.0 Å². The minimum atomic E-state index is -0.397. The summed E-state index contributed by atoms with van der Waals surface area (Å²) in [6.07, 6.45) is 0.189. The molecule has 0 aliphatic carbocycles. The maximum Gasteiger partial charge on any atom is 0.229 e. The Morgan fingerprint density at radius 2 is 1.88 bits per heavy atom. The van der Waals surface area contributed by atoms with E-state index in [4.69, 9.17) is 23.2 Å². The third-order valence-electron chi connectivity index (χ3n) is 4.16. The van der Waals surface area contributed by atoms with Crippen LogP contribution in [0.15, 0.2) is 42.5 Å². The molecular weight excluding hydrogens is 347 g/mol. The second-order valence-corrected chi connectivity index (χ2v) is 6.63. The summed E-state index contributed by atoms with van der Waals surface area (Å²) < 4.78 is 0.